The van der Waals surface area contributed by atoms with Crippen LogP contribution in [0.2, 0.25) is 0 Å². The Hall–Kier alpha value is -2.97. The predicted molar refractivity (Wildman–Crippen MR) is 102 cm³/mol. The zero-order valence-electron chi connectivity index (χ0n) is 15.5. The Kier molecular flexibility index (Phi) is 5.11. The summed E-state index contributed by atoms with van der Waals surface area (Å²) < 4.78 is 0. The van der Waals surface area contributed by atoms with Gasteiger partial charge in [0.05, 0.1) is 18.2 Å². The van der Waals surface area contributed by atoms with Crippen LogP contribution in [0, 0.1) is 25.2 Å². The molecule has 1 amide bonds. The highest BCUT2D eigenvalue weighted by atomic mass is 16.3. The highest BCUT2D eigenvalue weighted by molar-refractivity contribution is 6.11. The van der Waals surface area contributed by atoms with Crippen LogP contribution in [0.25, 0.3) is 0 Å². The molecule has 1 heterocycles. The number of nitrogens with zero attached hydrogens (tertiary/aromatic N) is 2. The van der Waals surface area contributed by atoms with Gasteiger partial charge in [-0.15, -0.1) is 0 Å². The number of anilines is 1. The molecule has 1 unspecified atom stereocenters. The molecule has 0 fully saturated rings. The molecule has 1 N–H and O–H groups in total. The van der Waals surface area contributed by atoms with Crippen LogP contribution in [0.1, 0.15) is 46.3 Å². The average Bonchev–Trinajstić information content (AvgIpc) is 2.84. The average molecular weight is 362 g/mol. The second-order valence-corrected chi connectivity index (χ2v) is 7.01. The third-order valence-electron chi connectivity index (χ3n) is 5.01. The number of ketones is 1. The van der Waals surface area contributed by atoms with Crippen LogP contribution in [0.4, 0.5) is 5.69 Å². The van der Waals surface area contributed by atoms with Crippen molar-refractivity contribution in [1.82, 2.24) is 0 Å². The quantitative estimate of drug-likeness (QED) is 0.631. The summed E-state index contributed by atoms with van der Waals surface area (Å²) in [5.41, 5.74) is 1.57. The molecule has 0 bridgehead atoms. The normalized spacial score (nSPS) is 18.3. The molecule has 0 radical (unpaired) electrons. The Morgan fingerprint density at radius 1 is 1.22 bits per heavy atom. The Labute approximate surface area is 158 Å². The second-order valence-electron chi connectivity index (χ2n) is 7.01. The number of aliphatic hydroxyl groups is 1. The Morgan fingerprint density at radius 2 is 1.96 bits per heavy atom. The molecule has 138 valence electrons. The van der Waals surface area contributed by atoms with Crippen LogP contribution in [0.5, 0.6) is 0 Å². The van der Waals surface area contributed by atoms with Crippen molar-refractivity contribution >= 4 is 17.4 Å². The molecule has 0 aliphatic carbocycles. The molecule has 0 spiro atoms. The Balaban J connectivity index is 1.93. The molecule has 1 atom stereocenters. The Morgan fingerprint density at radius 3 is 2.67 bits per heavy atom. The number of unbranched alkanes of at least 4 members (excludes halogenated alkanes) is 1. The number of benzene rings is 2. The first-order valence-electron chi connectivity index (χ1n) is 8.99. The van der Waals surface area contributed by atoms with Gasteiger partial charge in [-0.3, -0.25) is 9.59 Å². The summed E-state index contributed by atoms with van der Waals surface area (Å²) in [6.45, 7) is 4.14. The molecular formula is C22H22N2O3. The van der Waals surface area contributed by atoms with Gasteiger partial charge in [0.15, 0.2) is 11.4 Å². The number of carbonyl (C=O) groups excluding carboxylic acids is 2. The van der Waals surface area contributed by atoms with E-state index in [9.17, 15) is 14.7 Å². The topological polar surface area (TPSA) is 81.4 Å². The van der Waals surface area contributed by atoms with Crippen LogP contribution < -0.4 is 4.90 Å². The highest BCUT2D eigenvalue weighted by Gasteiger charge is 2.50. The smallest absolute Gasteiger partial charge is 0.264 e. The molecular weight excluding hydrogens is 340 g/mol. The van der Waals surface area contributed by atoms with E-state index in [2.05, 4.69) is 6.07 Å². The minimum atomic E-state index is -1.88. The lowest BCUT2D eigenvalue weighted by Crippen LogP contribution is -2.42. The SMILES string of the molecule is Cc1ccc(C(=O)CC2(O)C(=O)N(CCCC#N)c3ccccc32)c(C)c1. The molecule has 2 aromatic carbocycles. The number of amides is 1. The van der Waals surface area contributed by atoms with E-state index in [4.69, 9.17) is 5.26 Å². The highest BCUT2D eigenvalue weighted by Crippen LogP contribution is 2.43. The van der Waals surface area contributed by atoms with E-state index in [0.29, 0.717) is 36.2 Å². The maximum atomic E-state index is 13.0. The molecule has 0 aromatic heterocycles. The van der Waals surface area contributed by atoms with Crippen LogP contribution in [-0.2, 0) is 10.4 Å². The summed E-state index contributed by atoms with van der Waals surface area (Å²) in [6, 6.07) is 14.6. The largest absolute Gasteiger partial charge is 0.375 e. The van der Waals surface area contributed by atoms with Crippen LogP contribution in [-0.4, -0.2) is 23.3 Å². The van der Waals surface area contributed by atoms with Gasteiger partial charge in [0.25, 0.3) is 5.91 Å². The third-order valence-corrected chi connectivity index (χ3v) is 5.01. The molecule has 0 saturated carbocycles. The maximum absolute atomic E-state index is 13.0. The first kappa shape index (κ1) is 18.8. The molecule has 0 saturated heterocycles. The number of rotatable bonds is 6. The maximum Gasteiger partial charge on any atom is 0.264 e. The predicted octanol–water partition coefficient (Wildman–Crippen LogP) is 3.41. The molecule has 27 heavy (non-hydrogen) atoms. The van der Waals surface area contributed by atoms with Gasteiger partial charge in [-0.25, -0.2) is 0 Å². The number of aryl methyl sites for hydroxylation is 2. The lowest BCUT2D eigenvalue weighted by molar-refractivity contribution is -0.135. The molecule has 5 nitrogen and oxygen atoms in total. The van der Waals surface area contributed by atoms with E-state index in [1.165, 1.54) is 4.90 Å². The number of Topliss-reactive ketones (excluding diaryl/α,β-unsaturated/α-hetero) is 1. The Bertz CT molecular complexity index is 945. The van der Waals surface area contributed by atoms with Gasteiger partial charge in [0.2, 0.25) is 0 Å². The summed E-state index contributed by atoms with van der Waals surface area (Å²) in [6.07, 6.45) is 0.533. The standard InChI is InChI=1S/C22H22N2O3/c1-15-9-10-17(16(2)13-15)20(25)14-22(27)18-7-3-4-8-19(18)24(21(22)26)12-6-5-11-23/h3-4,7-10,13,27H,5-6,12,14H2,1-2H3. The van der Waals surface area contributed by atoms with Crippen molar-refractivity contribution in [3.8, 4) is 6.07 Å². The third kappa shape index (κ3) is 3.36. The number of para-hydroxylation sites is 1. The number of nitriles is 1. The van der Waals surface area contributed by atoms with Crippen LogP contribution >= 0.6 is 0 Å². The fourth-order valence-electron chi connectivity index (χ4n) is 3.67. The number of hydrogen-bond acceptors (Lipinski definition) is 4. The summed E-state index contributed by atoms with van der Waals surface area (Å²) in [4.78, 5) is 27.4. The van der Waals surface area contributed by atoms with Crippen molar-refractivity contribution in [2.45, 2.75) is 38.7 Å². The monoisotopic (exact) mass is 362 g/mol. The molecule has 3 rings (SSSR count). The summed E-state index contributed by atoms with van der Waals surface area (Å²) in [5, 5.41) is 20.0. The minimum Gasteiger partial charge on any atom is -0.375 e. The van der Waals surface area contributed by atoms with E-state index >= 15 is 0 Å². The second kappa shape index (κ2) is 7.34. The summed E-state index contributed by atoms with van der Waals surface area (Å²) in [5.74, 6) is -0.767. The van der Waals surface area contributed by atoms with Crippen molar-refractivity contribution in [3.05, 3.63) is 64.7 Å². The van der Waals surface area contributed by atoms with Crippen LogP contribution in [0.3, 0.4) is 0 Å². The van der Waals surface area contributed by atoms with E-state index in [-0.39, 0.29) is 12.2 Å². The van der Waals surface area contributed by atoms with Crippen molar-refractivity contribution in [1.29, 1.82) is 5.26 Å². The first-order valence-corrected chi connectivity index (χ1v) is 8.99. The van der Waals surface area contributed by atoms with Gasteiger partial charge >= 0.3 is 0 Å². The van der Waals surface area contributed by atoms with Crippen LogP contribution in [0.15, 0.2) is 42.5 Å². The zero-order chi connectivity index (χ0) is 19.6. The lowest BCUT2D eigenvalue weighted by atomic mass is 9.87. The minimum absolute atomic E-state index is 0.267. The van der Waals surface area contributed by atoms with Crippen molar-refractivity contribution in [3.63, 3.8) is 0 Å². The van der Waals surface area contributed by atoms with E-state index in [0.717, 1.165) is 11.1 Å². The van der Waals surface area contributed by atoms with E-state index in [1.54, 1.807) is 30.3 Å². The van der Waals surface area contributed by atoms with Gasteiger partial charge in [-0.2, -0.15) is 5.26 Å². The lowest BCUT2D eigenvalue weighted by Gasteiger charge is -2.23. The summed E-state index contributed by atoms with van der Waals surface area (Å²) >= 11 is 0. The fourth-order valence-corrected chi connectivity index (χ4v) is 3.67. The van der Waals surface area contributed by atoms with Crippen molar-refractivity contribution in [2.75, 3.05) is 11.4 Å². The number of hydrogen-bond donors (Lipinski definition) is 1. The molecule has 1 aliphatic rings. The van der Waals surface area contributed by atoms with Gasteiger partial charge < -0.3 is 10.0 Å². The zero-order valence-corrected chi connectivity index (χ0v) is 15.5. The molecule has 5 heteroatoms. The van der Waals surface area contributed by atoms with Crippen molar-refractivity contribution < 1.29 is 14.7 Å². The van der Waals surface area contributed by atoms with Gasteiger partial charge in [-0.05, 0) is 31.9 Å². The van der Waals surface area contributed by atoms with Gasteiger partial charge in [-0.1, -0.05) is 42.0 Å². The molecule has 2 aromatic rings. The number of fused-ring (bicyclic) bond motifs is 1. The van der Waals surface area contributed by atoms with Crippen molar-refractivity contribution in [2.24, 2.45) is 0 Å². The van der Waals surface area contributed by atoms with Gasteiger partial charge in [0.1, 0.15) is 0 Å². The fraction of sp³-hybridized carbons (Fsp3) is 0.318. The van der Waals surface area contributed by atoms with Gasteiger partial charge in [0, 0.05) is 24.1 Å². The summed E-state index contributed by atoms with van der Waals surface area (Å²) in [7, 11) is 0. The van der Waals surface area contributed by atoms with E-state index < -0.39 is 11.5 Å². The first-order chi connectivity index (χ1) is 12.9. The number of carbonyl (C=O) groups is 2. The molecule has 1 aliphatic heterocycles. The van der Waals surface area contributed by atoms with E-state index in [1.807, 2.05) is 26.0 Å².